The van der Waals surface area contributed by atoms with Crippen LogP contribution in [0.4, 0.5) is 4.39 Å². The maximum absolute atomic E-state index is 13.9. The zero-order chi connectivity index (χ0) is 19.4. The number of benzene rings is 2. The lowest BCUT2D eigenvalue weighted by molar-refractivity contribution is -0.914. The summed E-state index contributed by atoms with van der Waals surface area (Å²) in [7, 11) is 0. The molecule has 3 rings (SSSR count). The van der Waals surface area contributed by atoms with Crippen molar-refractivity contribution in [3.63, 3.8) is 0 Å². The fraction of sp³-hybridized carbons (Fsp3) is 0.318. The molecule has 0 aliphatic carbocycles. The number of ketones is 1. The second-order valence-electron chi connectivity index (χ2n) is 6.81. The Hall–Kier alpha value is -2.66. The molecule has 0 fully saturated rings. The molecule has 0 unspecified atom stereocenters. The number of nitrogens with one attached hydrogen (secondary N) is 1. The average molecular weight is 369 g/mol. The summed E-state index contributed by atoms with van der Waals surface area (Å²) in [6.45, 7) is 6.63. The van der Waals surface area contributed by atoms with Crippen molar-refractivity contribution in [3.05, 3.63) is 64.7 Å². The van der Waals surface area contributed by atoms with E-state index in [1.807, 2.05) is 0 Å². The number of hydrogen-bond acceptors (Lipinski definition) is 3. The minimum absolute atomic E-state index is 0.0504. The first-order valence-corrected chi connectivity index (χ1v) is 9.40. The molecule has 142 valence electrons. The minimum Gasteiger partial charge on any atom is -0.872 e. The highest BCUT2D eigenvalue weighted by Crippen LogP contribution is 2.38. The van der Waals surface area contributed by atoms with Gasteiger partial charge < -0.3 is 14.7 Å². The Morgan fingerprint density at radius 3 is 2.48 bits per heavy atom. The predicted octanol–water partition coefficient (Wildman–Crippen LogP) is 2.72. The van der Waals surface area contributed by atoms with Crippen LogP contribution >= 0.6 is 0 Å². The predicted molar refractivity (Wildman–Crippen MR) is 100 cm³/mol. The van der Waals surface area contributed by atoms with Gasteiger partial charge in [-0.25, -0.2) is 4.39 Å². The Morgan fingerprint density at radius 2 is 1.81 bits per heavy atom. The van der Waals surface area contributed by atoms with E-state index in [-0.39, 0.29) is 22.9 Å². The molecule has 1 N–H and O–H groups in total. The highest BCUT2D eigenvalue weighted by Gasteiger charge is 2.31. The third kappa shape index (κ3) is 4.03. The van der Waals surface area contributed by atoms with Crippen molar-refractivity contribution in [1.82, 2.24) is 0 Å². The normalized spacial score (nSPS) is 14.7. The summed E-state index contributed by atoms with van der Waals surface area (Å²) in [4.78, 5) is 14.0. The van der Waals surface area contributed by atoms with Crippen LogP contribution in [0.1, 0.15) is 48.2 Å². The van der Waals surface area contributed by atoms with Gasteiger partial charge >= 0.3 is 0 Å². The largest absolute Gasteiger partial charge is 0.872 e. The number of Topliss-reactive ketones (excluding diaryl/α,β-unsaturated/α-hetero) is 1. The molecule has 1 aliphatic rings. The van der Waals surface area contributed by atoms with Gasteiger partial charge in [-0.3, -0.25) is 4.79 Å². The molecular weight excluding hydrogens is 345 g/mol. The van der Waals surface area contributed by atoms with Crippen LogP contribution in [0.15, 0.2) is 42.2 Å². The zero-order valence-corrected chi connectivity index (χ0v) is 15.7. The van der Waals surface area contributed by atoms with Crippen LogP contribution in [0, 0.1) is 5.82 Å². The SMILES string of the molecule is CCC[NH+](CCC)Cc1c([O-])ccc2c1O/C(=C\c1ccccc1F)C2=O. The van der Waals surface area contributed by atoms with Crippen molar-refractivity contribution < 1.29 is 23.9 Å². The van der Waals surface area contributed by atoms with Crippen LogP contribution in [-0.4, -0.2) is 18.9 Å². The molecule has 0 spiro atoms. The molecule has 27 heavy (non-hydrogen) atoms. The number of hydrogen-bond donors (Lipinski definition) is 1. The van der Waals surface area contributed by atoms with Crippen LogP contribution in [0.2, 0.25) is 0 Å². The van der Waals surface area contributed by atoms with Gasteiger partial charge in [0.25, 0.3) is 0 Å². The third-order valence-corrected chi connectivity index (χ3v) is 4.72. The van der Waals surface area contributed by atoms with Gasteiger partial charge in [0, 0.05) is 11.1 Å². The number of fused-ring (bicyclic) bond motifs is 1. The highest BCUT2D eigenvalue weighted by molar-refractivity contribution is 6.14. The van der Waals surface area contributed by atoms with Crippen molar-refractivity contribution >= 4 is 11.9 Å². The summed E-state index contributed by atoms with van der Waals surface area (Å²) >= 11 is 0. The number of rotatable bonds is 7. The van der Waals surface area contributed by atoms with Gasteiger partial charge in [-0.1, -0.05) is 43.9 Å². The Morgan fingerprint density at radius 1 is 1.11 bits per heavy atom. The van der Waals surface area contributed by atoms with E-state index in [1.165, 1.54) is 29.2 Å². The summed E-state index contributed by atoms with van der Waals surface area (Å²) < 4.78 is 19.7. The molecule has 0 atom stereocenters. The molecule has 0 radical (unpaired) electrons. The molecule has 4 nitrogen and oxygen atoms in total. The van der Waals surface area contributed by atoms with Crippen molar-refractivity contribution in [2.24, 2.45) is 0 Å². The lowest BCUT2D eigenvalue weighted by Crippen LogP contribution is -3.10. The van der Waals surface area contributed by atoms with Gasteiger partial charge in [0.15, 0.2) is 5.76 Å². The summed E-state index contributed by atoms with van der Waals surface area (Å²) in [5.74, 6) is -0.488. The Bertz CT molecular complexity index is 870. The number of carbonyl (C=O) groups is 1. The number of halogens is 1. The van der Waals surface area contributed by atoms with Crippen LogP contribution in [0.3, 0.4) is 0 Å². The molecule has 0 saturated carbocycles. The summed E-state index contributed by atoms with van der Waals surface area (Å²) in [5.41, 5.74) is 1.18. The number of allylic oxidation sites excluding steroid dienone is 1. The molecule has 2 aromatic rings. The van der Waals surface area contributed by atoms with Crippen LogP contribution in [0.25, 0.3) is 6.08 Å². The number of quaternary nitrogens is 1. The standard InChI is InChI=1S/C22H24FNO3/c1-3-11-24(12-4-2)14-17-19(25)10-9-16-21(26)20(27-22(16)17)13-15-7-5-6-8-18(15)23/h5-10,13,25H,3-4,11-12,14H2,1-2H3/b20-13-. The van der Waals surface area contributed by atoms with Crippen LogP contribution in [-0.2, 0) is 6.54 Å². The molecule has 1 aliphatic heterocycles. The lowest BCUT2D eigenvalue weighted by Gasteiger charge is -2.23. The molecule has 0 amide bonds. The van der Waals surface area contributed by atoms with Gasteiger partial charge in [-0.2, -0.15) is 0 Å². The fourth-order valence-electron chi connectivity index (χ4n) is 3.45. The topological polar surface area (TPSA) is 53.8 Å². The van der Waals surface area contributed by atoms with Gasteiger partial charge in [0.2, 0.25) is 5.78 Å². The maximum Gasteiger partial charge on any atom is 0.231 e. The van der Waals surface area contributed by atoms with E-state index in [1.54, 1.807) is 18.2 Å². The molecule has 0 bridgehead atoms. The summed E-state index contributed by atoms with van der Waals surface area (Å²) in [5, 5.41) is 12.5. The minimum atomic E-state index is -0.427. The smallest absolute Gasteiger partial charge is 0.231 e. The second kappa shape index (κ2) is 8.35. The first-order chi connectivity index (χ1) is 13.0. The molecule has 0 aromatic heterocycles. The second-order valence-corrected chi connectivity index (χ2v) is 6.81. The molecule has 0 saturated heterocycles. The summed E-state index contributed by atoms with van der Waals surface area (Å²) in [6.07, 6.45) is 3.42. The Labute approximate surface area is 158 Å². The van der Waals surface area contributed by atoms with Gasteiger partial charge in [-0.05, 0) is 31.1 Å². The highest BCUT2D eigenvalue weighted by atomic mass is 19.1. The van der Waals surface area contributed by atoms with Crippen molar-refractivity contribution in [3.8, 4) is 11.5 Å². The third-order valence-electron chi connectivity index (χ3n) is 4.72. The van der Waals surface area contributed by atoms with E-state index in [4.69, 9.17) is 4.74 Å². The van der Waals surface area contributed by atoms with Gasteiger partial charge in [0.05, 0.1) is 18.7 Å². The first-order valence-electron chi connectivity index (χ1n) is 9.40. The molecular formula is C22H24FNO3. The van der Waals surface area contributed by atoms with Crippen LogP contribution < -0.4 is 14.7 Å². The monoisotopic (exact) mass is 369 g/mol. The molecule has 1 heterocycles. The van der Waals surface area contributed by atoms with Gasteiger partial charge in [0.1, 0.15) is 18.1 Å². The maximum atomic E-state index is 13.9. The zero-order valence-electron chi connectivity index (χ0n) is 15.7. The van der Waals surface area contributed by atoms with Crippen LogP contribution in [0.5, 0.6) is 11.5 Å². The van der Waals surface area contributed by atoms with E-state index in [0.717, 1.165) is 25.9 Å². The first kappa shape index (κ1) is 19.1. The lowest BCUT2D eigenvalue weighted by atomic mass is 10.0. The van der Waals surface area contributed by atoms with Gasteiger partial charge in [-0.15, -0.1) is 0 Å². The fourth-order valence-corrected chi connectivity index (χ4v) is 3.45. The average Bonchev–Trinajstić information content (AvgIpc) is 2.96. The van der Waals surface area contributed by atoms with Crippen molar-refractivity contribution in [2.45, 2.75) is 33.2 Å². The van der Waals surface area contributed by atoms with E-state index >= 15 is 0 Å². The van der Waals surface area contributed by atoms with Crippen molar-refractivity contribution in [1.29, 1.82) is 0 Å². The van der Waals surface area contributed by atoms with E-state index in [0.29, 0.717) is 23.4 Å². The van der Waals surface area contributed by atoms with Crippen molar-refractivity contribution in [2.75, 3.05) is 13.1 Å². The Balaban J connectivity index is 1.95. The summed E-state index contributed by atoms with van der Waals surface area (Å²) in [6, 6.07) is 9.12. The Kier molecular flexibility index (Phi) is 5.91. The van der Waals surface area contributed by atoms with E-state index < -0.39 is 5.82 Å². The number of ether oxygens (including phenoxy) is 1. The number of carbonyl (C=O) groups excluding carboxylic acids is 1. The molecule has 2 aromatic carbocycles. The molecule has 5 heteroatoms. The van der Waals surface area contributed by atoms with E-state index in [2.05, 4.69) is 13.8 Å². The quantitative estimate of drug-likeness (QED) is 0.764. The van der Waals surface area contributed by atoms with E-state index in [9.17, 15) is 14.3 Å².